The van der Waals surface area contributed by atoms with Crippen LogP contribution >= 0.6 is 0 Å². The lowest BCUT2D eigenvalue weighted by Crippen LogP contribution is -2.01. The third-order valence-electron chi connectivity index (χ3n) is 11.2. The Labute approximate surface area is 319 Å². The molecule has 0 saturated carbocycles. The Balaban J connectivity index is 0.881. The third-order valence-corrected chi connectivity index (χ3v) is 11.2. The zero-order chi connectivity index (χ0) is 36.2. The largest absolute Gasteiger partial charge is 0.300 e. The molecule has 0 spiro atoms. The van der Waals surface area contributed by atoms with Crippen molar-refractivity contribution in [2.24, 2.45) is 0 Å². The van der Waals surface area contributed by atoms with Crippen molar-refractivity contribution < 1.29 is 4.79 Å². The summed E-state index contributed by atoms with van der Waals surface area (Å²) in [5.41, 5.74) is 5.78. The number of carbonyl (C=O) groups excluding carboxylic acids is 1. The topological polar surface area (TPSA) is 17.1 Å². The number of benzene rings is 4. The lowest BCUT2D eigenvalue weighted by molar-refractivity contribution is -0.119. The molecule has 0 aliphatic rings. The van der Waals surface area contributed by atoms with Crippen LogP contribution in [0.15, 0.2) is 121 Å². The van der Waals surface area contributed by atoms with E-state index < -0.39 is 0 Å². The maximum Gasteiger partial charge on any atom is 0.132 e. The minimum absolute atomic E-state index is 0.503. The summed E-state index contributed by atoms with van der Waals surface area (Å²) in [6.45, 7) is 0. The van der Waals surface area contributed by atoms with Gasteiger partial charge in [-0.25, -0.2) is 0 Å². The molecular weight excluding hydrogens is 629 g/mol. The minimum atomic E-state index is 0.503. The first-order valence-electron chi connectivity index (χ1n) is 21.5. The van der Waals surface area contributed by atoms with Gasteiger partial charge >= 0.3 is 0 Å². The lowest BCUT2D eigenvalue weighted by Gasteiger charge is -2.18. The fourth-order valence-electron chi connectivity index (χ4n) is 8.09. The van der Waals surface area contributed by atoms with E-state index >= 15 is 0 Å². The fraction of sp³-hybridized carbons (Fsp3) is 0.510. The predicted octanol–water partition coefficient (Wildman–Crippen LogP) is 15.6. The van der Waals surface area contributed by atoms with Crippen LogP contribution in [0, 0.1) is 0 Å². The second kappa shape index (κ2) is 27.2. The average molecular weight is 699 g/mol. The Hall–Kier alpha value is -3.45. The SMILES string of the molecule is O=C(CCCCCCCCCCCCC(c1ccccc1)c1ccccc1)CCCCCCCCCCCCC(c1ccccc1)c1ccccc1. The van der Waals surface area contributed by atoms with Gasteiger partial charge in [0.2, 0.25) is 0 Å². The highest BCUT2D eigenvalue weighted by atomic mass is 16.1. The molecule has 52 heavy (non-hydrogen) atoms. The molecule has 0 atom stereocenters. The van der Waals surface area contributed by atoms with Gasteiger partial charge in [0.1, 0.15) is 5.78 Å². The summed E-state index contributed by atoms with van der Waals surface area (Å²) in [6.07, 6.45) is 30.2. The molecule has 0 heterocycles. The van der Waals surface area contributed by atoms with Gasteiger partial charge in [-0.3, -0.25) is 4.79 Å². The van der Waals surface area contributed by atoms with E-state index in [4.69, 9.17) is 0 Å². The molecule has 0 aliphatic carbocycles. The summed E-state index contributed by atoms with van der Waals surface area (Å²) in [5, 5.41) is 0. The molecule has 1 nitrogen and oxygen atoms in total. The van der Waals surface area contributed by atoms with Crippen molar-refractivity contribution in [3.8, 4) is 0 Å². The maximum atomic E-state index is 12.4. The van der Waals surface area contributed by atoms with E-state index in [1.807, 2.05) is 0 Å². The smallest absolute Gasteiger partial charge is 0.132 e. The van der Waals surface area contributed by atoms with Crippen LogP contribution < -0.4 is 0 Å². The van der Waals surface area contributed by atoms with Crippen molar-refractivity contribution in [3.63, 3.8) is 0 Å². The molecule has 280 valence electrons. The maximum absolute atomic E-state index is 12.4. The Kier molecular flexibility index (Phi) is 21.6. The van der Waals surface area contributed by atoms with Gasteiger partial charge in [0.05, 0.1) is 0 Å². The first kappa shape index (κ1) is 41.3. The standard InChI is InChI=1S/C51H70O/c52-49(41-29-13-9-5-1-3-7-11-15-31-43-50(45-33-21-17-22-34-45)46-35-23-18-24-36-46)42-30-14-10-6-2-4-8-12-16-32-44-51(47-37-25-19-26-38-47)48-39-27-20-28-40-48/h17-28,33-40,50-51H,1-16,29-32,41-44H2. The number of hydrogen-bond acceptors (Lipinski definition) is 1. The third kappa shape index (κ3) is 17.4. The van der Waals surface area contributed by atoms with Crippen LogP contribution in [0.4, 0.5) is 0 Å². The second-order valence-corrected chi connectivity index (χ2v) is 15.4. The van der Waals surface area contributed by atoms with E-state index in [1.165, 1.54) is 151 Å². The number of Topliss-reactive ketones (excluding diaryl/α,β-unsaturated/α-hetero) is 1. The molecule has 0 aliphatic heterocycles. The van der Waals surface area contributed by atoms with E-state index in [0.717, 1.165) is 25.7 Å². The Morgan fingerprint density at radius 1 is 0.288 bits per heavy atom. The molecule has 1 heteroatoms. The minimum Gasteiger partial charge on any atom is -0.300 e. The van der Waals surface area contributed by atoms with Gasteiger partial charge in [-0.1, -0.05) is 237 Å². The Morgan fingerprint density at radius 3 is 0.750 bits per heavy atom. The summed E-state index contributed by atoms with van der Waals surface area (Å²) in [6, 6.07) is 44.1. The number of unbranched alkanes of at least 4 members (excludes halogenated alkanes) is 18. The van der Waals surface area contributed by atoms with Gasteiger partial charge in [0.15, 0.2) is 0 Å². The summed E-state index contributed by atoms with van der Waals surface area (Å²) < 4.78 is 0. The summed E-state index contributed by atoms with van der Waals surface area (Å²) in [5.74, 6) is 1.53. The van der Waals surface area contributed by atoms with Crippen LogP contribution in [0.5, 0.6) is 0 Å². The molecule has 0 amide bonds. The summed E-state index contributed by atoms with van der Waals surface area (Å²) in [7, 11) is 0. The number of ketones is 1. The van der Waals surface area contributed by atoms with Crippen molar-refractivity contribution in [3.05, 3.63) is 144 Å². The number of rotatable bonds is 30. The Morgan fingerprint density at radius 2 is 0.500 bits per heavy atom. The monoisotopic (exact) mass is 699 g/mol. The number of hydrogen-bond donors (Lipinski definition) is 0. The van der Waals surface area contributed by atoms with Crippen molar-refractivity contribution in [2.45, 2.75) is 166 Å². The molecule has 4 aromatic rings. The molecule has 0 unspecified atom stereocenters. The van der Waals surface area contributed by atoms with Crippen LogP contribution in [0.2, 0.25) is 0 Å². The van der Waals surface area contributed by atoms with E-state index in [0.29, 0.717) is 17.6 Å². The van der Waals surface area contributed by atoms with Crippen LogP contribution in [-0.2, 0) is 4.79 Å². The van der Waals surface area contributed by atoms with Crippen molar-refractivity contribution in [1.29, 1.82) is 0 Å². The van der Waals surface area contributed by atoms with E-state index in [9.17, 15) is 4.79 Å². The molecule has 0 bridgehead atoms. The Bertz CT molecular complexity index is 1210. The first-order valence-corrected chi connectivity index (χ1v) is 21.5. The molecule has 0 aromatic heterocycles. The molecular formula is C51H70O. The first-order chi connectivity index (χ1) is 25.8. The molecule has 4 aromatic carbocycles. The predicted molar refractivity (Wildman–Crippen MR) is 225 cm³/mol. The summed E-state index contributed by atoms with van der Waals surface area (Å²) >= 11 is 0. The van der Waals surface area contributed by atoms with E-state index in [1.54, 1.807) is 0 Å². The van der Waals surface area contributed by atoms with Gasteiger partial charge in [0.25, 0.3) is 0 Å². The fourth-order valence-corrected chi connectivity index (χ4v) is 8.09. The van der Waals surface area contributed by atoms with Crippen molar-refractivity contribution in [2.75, 3.05) is 0 Å². The lowest BCUT2D eigenvalue weighted by atomic mass is 9.87. The zero-order valence-corrected chi connectivity index (χ0v) is 32.6. The highest BCUT2D eigenvalue weighted by Gasteiger charge is 2.14. The normalized spacial score (nSPS) is 11.4. The van der Waals surface area contributed by atoms with Crippen LogP contribution in [0.3, 0.4) is 0 Å². The zero-order valence-electron chi connectivity index (χ0n) is 32.6. The van der Waals surface area contributed by atoms with E-state index in [2.05, 4.69) is 121 Å². The average Bonchev–Trinajstić information content (AvgIpc) is 3.20. The van der Waals surface area contributed by atoms with Gasteiger partial charge < -0.3 is 0 Å². The summed E-state index contributed by atoms with van der Waals surface area (Å²) in [4.78, 5) is 12.4. The highest BCUT2D eigenvalue weighted by molar-refractivity contribution is 5.78. The van der Waals surface area contributed by atoms with Crippen LogP contribution in [0.25, 0.3) is 0 Å². The van der Waals surface area contributed by atoms with Gasteiger partial charge in [-0.05, 0) is 47.9 Å². The molecule has 4 rings (SSSR count). The molecule has 0 saturated heterocycles. The van der Waals surface area contributed by atoms with Gasteiger partial charge in [-0.15, -0.1) is 0 Å². The van der Waals surface area contributed by atoms with Crippen molar-refractivity contribution >= 4 is 5.78 Å². The highest BCUT2D eigenvalue weighted by Crippen LogP contribution is 2.31. The van der Waals surface area contributed by atoms with Gasteiger partial charge in [-0.2, -0.15) is 0 Å². The number of carbonyl (C=O) groups is 1. The molecule has 0 N–H and O–H groups in total. The van der Waals surface area contributed by atoms with Gasteiger partial charge in [0, 0.05) is 24.7 Å². The molecule has 0 fully saturated rings. The van der Waals surface area contributed by atoms with E-state index in [-0.39, 0.29) is 0 Å². The second-order valence-electron chi connectivity index (χ2n) is 15.4. The van der Waals surface area contributed by atoms with Crippen molar-refractivity contribution in [1.82, 2.24) is 0 Å². The van der Waals surface area contributed by atoms with Crippen LogP contribution in [0.1, 0.15) is 188 Å². The molecule has 0 radical (unpaired) electrons. The van der Waals surface area contributed by atoms with Crippen LogP contribution in [-0.4, -0.2) is 5.78 Å². The quantitative estimate of drug-likeness (QED) is 0.0496.